The van der Waals surface area contributed by atoms with E-state index < -0.39 is 5.60 Å². The van der Waals surface area contributed by atoms with Crippen molar-refractivity contribution in [3.05, 3.63) is 92.5 Å². The molecule has 0 saturated carbocycles. The molecular formula is C30H34ClFN4O3. The van der Waals surface area contributed by atoms with Gasteiger partial charge >= 0.3 is 6.09 Å². The molecular weight excluding hydrogens is 519 g/mol. The minimum Gasteiger partial charge on any atom is -0.444 e. The fourth-order valence-electron chi connectivity index (χ4n) is 4.30. The second-order valence-corrected chi connectivity index (χ2v) is 11.1. The number of aromatic nitrogens is 2. The SMILES string of the molecule is Cc1cc(-c2cc(CN3CCN(C(=O)OC(C)(C)C)CC3)c(=O)n(C/C=C/c3ccc(Cl)cc3)n2)ccc1F. The number of halogens is 2. The molecule has 0 N–H and O–H groups in total. The fourth-order valence-corrected chi connectivity index (χ4v) is 4.42. The van der Waals surface area contributed by atoms with E-state index in [1.54, 1.807) is 30.0 Å². The highest BCUT2D eigenvalue weighted by molar-refractivity contribution is 6.30. The Morgan fingerprint density at radius 3 is 2.41 bits per heavy atom. The smallest absolute Gasteiger partial charge is 0.410 e. The summed E-state index contributed by atoms with van der Waals surface area (Å²) in [5.41, 5.74) is 2.66. The zero-order valence-electron chi connectivity index (χ0n) is 22.8. The number of nitrogens with zero attached hydrogens (tertiary/aromatic N) is 4. The van der Waals surface area contributed by atoms with Gasteiger partial charge in [-0.2, -0.15) is 5.10 Å². The Morgan fingerprint density at radius 1 is 1.08 bits per heavy atom. The van der Waals surface area contributed by atoms with Crippen LogP contribution >= 0.6 is 11.6 Å². The van der Waals surface area contributed by atoms with Gasteiger partial charge in [-0.1, -0.05) is 35.9 Å². The van der Waals surface area contributed by atoms with Gasteiger partial charge in [-0.05, 0) is 75.2 Å². The van der Waals surface area contributed by atoms with Gasteiger partial charge in [0.2, 0.25) is 0 Å². The van der Waals surface area contributed by atoms with E-state index in [0.717, 1.165) is 11.1 Å². The maximum Gasteiger partial charge on any atom is 0.410 e. The third-order valence-corrected chi connectivity index (χ3v) is 6.63. The summed E-state index contributed by atoms with van der Waals surface area (Å²) in [6.07, 6.45) is 3.46. The Balaban J connectivity index is 1.55. The molecule has 2 aromatic carbocycles. The summed E-state index contributed by atoms with van der Waals surface area (Å²) >= 11 is 5.97. The first kappa shape index (κ1) is 28.5. The van der Waals surface area contributed by atoms with Crippen LogP contribution in [0.3, 0.4) is 0 Å². The average Bonchev–Trinajstić information content (AvgIpc) is 2.88. The van der Waals surface area contributed by atoms with E-state index in [2.05, 4.69) is 10.00 Å². The van der Waals surface area contributed by atoms with Crippen LogP contribution in [0.5, 0.6) is 0 Å². The van der Waals surface area contributed by atoms with E-state index in [0.29, 0.717) is 54.6 Å². The third-order valence-electron chi connectivity index (χ3n) is 6.38. The molecule has 0 spiro atoms. The zero-order chi connectivity index (χ0) is 28.2. The molecule has 9 heteroatoms. The largest absolute Gasteiger partial charge is 0.444 e. The van der Waals surface area contributed by atoms with Crippen molar-refractivity contribution in [2.75, 3.05) is 26.2 Å². The summed E-state index contributed by atoms with van der Waals surface area (Å²) in [4.78, 5) is 29.7. The molecule has 0 bridgehead atoms. The topological polar surface area (TPSA) is 67.7 Å². The van der Waals surface area contributed by atoms with Crippen LogP contribution in [0.15, 0.2) is 59.4 Å². The highest BCUT2D eigenvalue weighted by Gasteiger charge is 2.26. The summed E-state index contributed by atoms with van der Waals surface area (Å²) in [6, 6.07) is 14.0. The van der Waals surface area contributed by atoms with Gasteiger partial charge in [0.1, 0.15) is 11.4 Å². The predicted molar refractivity (Wildman–Crippen MR) is 152 cm³/mol. The first-order valence-corrected chi connectivity index (χ1v) is 13.4. The predicted octanol–water partition coefficient (Wildman–Crippen LogP) is 5.78. The molecule has 1 aliphatic rings. The van der Waals surface area contributed by atoms with Gasteiger partial charge in [0.05, 0.1) is 12.2 Å². The highest BCUT2D eigenvalue weighted by atomic mass is 35.5. The number of amides is 1. The van der Waals surface area contributed by atoms with Crippen LogP contribution in [0.4, 0.5) is 9.18 Å². The van der Waals surface area contributed by atoms with Crippen molar-refractivity contribution in [1.82, 2.24) is 19.6 Å². The van der Waals surface area contributed by atoms with Gasteiger partial charge in [0.25, 0.3) is 5.56 Å². The molecule has 0 atom stereocenters. The number of benzene rings is 2. The van der Waals surface area contributed by atoms with E-state index in [1.165, 1.54) is 10.7 Å². The molecule has 1 aromatic heterocycles. The van der Waals surface area contributed by atoms with Crippen LogP contribution in [-0.2, 0) is 17.8 Å². The first-order valence-electron chi connectivity index (χ1n) is 13.0. The summed E-state index contributed by atoms with van der Waals surface area (Å²) in [5, 5.41) is 5.26. The van der Waals surface area contributed by atoms with Crippen LogP contribution in [0.1, 0.15) is 37.5 Å². The molecule has 206 valence electrons. The molecule has 1 fully saturated rings. The lowest BCUT2D eigenvalue weighted by Crippen LogP contribution is -2.50. The Bertz CT molecular complexity index is 1410. The van der Waals surface area contributed by atoms with Crippen molar-refractivity contribution in [2.24, 2.45) is 0 Å². The van der Waals surface area contributed by atoms with Gasteiger partial charge in [0.15, 0.2) is 0 Å². The second kappa shape index (κ2) is 12.1. The molecule has 0 unspecified atom stereocenters. The van der Waals surface area contributed by atoms with Crippen molar-refractivity contribution < 1.29 is 13.9 Å². The van der Waals surface area contributed by atoms with Crippen molar-refractivity contribution in [3.63, 3.8) is 0 Å². The molecule has 39 heavy (non-hydrogen) atoms. The van der Waals surface area contributed by atoms with Crippen LogP contribution < -0.4 is 5.56 Å². The monoisotopic (exact) mass is 552 g/mol. The third kappa shape index (κ3) is 7.77. The van der Waals surface area contributed by atoms with Crippen LogP contribution in [0, 0.1) is 12.7 Å². The van der Waals surface area contributed by atoms with Crippen molar-refractivity contribution >= 4 is 23.8 Å². The number of carbonyl (C=O) groups is 1. The molecule has 0 aliphatic carbocycles. The Morgan fingerprint density at radius 2 is 1.77 bits per heavy atom. The number of hydrogen-bond donors (Lipinski definition) is 0. The summed E-state index contributed by atoms with van der Waals surface area (Å²) < 4.78 is 20.9. The highest BCUT2D eigenvalue weighted by Crippen LogP contribution is 2.21. The fraction of sp³-hybridized carbons (Fsp3) is 0.367. The van der Waals surface area contributed by atoms with Gasteiger partial charge in [-0.25, -0.2) is 13.9 Å². The number of allylic oxidation sites excluding steroid dienone is 1. The van der Waals surface area contributed by atoms with E-state index >= 15 is 0 Å². The number of rotatable bonds is 6. The standard InChI is InChI=1S/C30H34ClFN4O3/c1-21-18-23(9-12-26(21)32)27-19-24(20-34-14-16-35(17-15-34)29(38)39-30(2,3)4)28(37)36(33-27)13-5-6-22-7-10-25(31)11-8-22/h5-12,18-19H,13-17,20H2,1-4H3/b6-5+. The van der Waals surface area contributed by atoms with E-state index in [9.17, 15) is 14.0 Å². The van der Waals surface area contributed by atoms with Crippen molar-refractivity contribution in [2.45, 2.75) is 46.4 Å². The summed E-state index contributed by atoms with van der Waals surface area (Å²) in [5.74, 6) is -0.291. The lowest BCUT2D eigenvalue weighted by Gasteiger charge is -2.35. The van der Waals surface area contributed by atoms with Crippen LogP contribution in [0.25, 0.3) is 17.3 Å². The molecule has 2 heterocycles. The molecule has 7 nitrogen and oxygen atoms in total. The lowest BCUT2D eigenvalue weighted by atomic mass is 10.1. The van der Waals surface area contributed by atoms with Crippen LogP contribution in [-0.4, -0.2) is 57.5 Å². The molecule has 1 aliphatic heterocycles. The minimum atomic E-state index is -0.548. The van der Waals surface area contributed by atoms with Crippen LogP contribution in [0.2, 0.25) is 5.02 Å². The Labute approximate surface area is 233 Å². The lowest BCUT2D eigenvalue weighted by molar-refractivity contribution is 0.0138. The van der Waals surface area contributed by atoms with Crippen molar-refractivity contribution in [1.29, 1.82) is 0 Å². The number of piperazine rings is 1. The summed E-state index contributed by atoms with van der Waals surface area (Å²) in [7, 11) is 0. The molecule has 4 rings (SSSR count). The quantitative estimate of drug-likeness (QED) is 0.388. The van der Waals surface area contributed by atoms with E-state index in [-0.39, 0.29) is 24.0 Å². The van der Waals surface area contributed by atoms with Gasteiger partial charge < -0.3 is 9.64 Å². The Hall–Kier alpha value is -3.49. The molecule has 1 amide bonds. The maximum absolute atomic E-state index is 13.9. The Kier molecular flexibility index (Phi) is 8.87. The van der Waals surface area contributed by atoms with Gasteiger partial charge in [-0.3, -0.25) is 9.69 Å². The summed E-state index contributed by atoms with van der Waals surface area (Å²) in [6.45, 7) is 10.2. The van der Waals surface area contributed by atoms with Crippen molar-refractivity contribution in [3.8, 4) is 11.3 Å². The second-order valence-electron chi connectivity index (χ2n) is 10.7. The molecule has 0 radical (unpaired) electrons. The minimum absolute atomic E-state index is 0.187. The maximum atomic E-state index is 13.9. The van der Waals surface area contributed by atoms with Gasteiger partial charge in [0, 0.05) is 48.9 Å². The molecule has 3 aromatic rings. The zero-order valence-corrected chi connectivity index (χ0v) is 23.5. The van der Waals surface area contributed by atoms with E-state index in [1.807, 2.05) is 57.2 Å². The van der Waals surface area contributed by atoms with E-state index in [4.69, 9.17) is 16.3 Å². The number of ether oxygens (including phenoxy) is 1. The first-order chi connectivity index (χ1) is 18.5. The number of hydrogen-bond acceptors (Lipinski definition) is 5. The number of aryl methyl sites for hydroxylation is 1. The average molecular weight is 553 g/mol. The molecule has 1 saturated heterocycles. The normalized spacial score (nSPS) is 14.7. The number of carbonyl (C=O) groups excluding carboxylic acids is 1. The van der Waals surface area contributed by atoms with Gasteiger partial charge in [-0.15, -0.1) is 0 Å².